The maximum absolute atomic E-state index is 3.75. The zero-order valence-corrected chi connectivity index (χ0v) is 8.98. The van der Waals surface area contributed by atoms with Gasteiger partial charge in [0.2, 0.25) is 0 Å². The molecule has 1 saturated heterocycles. The molecule has 0 amide bonds. The van der Waals surface area contributed by atoms with Crippen molar-refractivity contribution in [3.8, 4) is 0 Å². The van der Waals surface area contributed by atoms with Crippen molar-refractivity contribution in [1.29, 1.82) is 0 Å². The van der Waals surface area contributed by atoms with Crippen LogP contribution in [0.1, 0.15) is 32.1 Å². The fourth-order valence-electron chi connectivity index (χ4n) is 2.13. The van der Waals surface area contributed by atoms with Crippen LogP contribution in [0.3, 0.4) is 0 Å². The van der Waals surface area contributed by atoms with E-state index in [1.165, 1.54) is 43.6 Å². The van der Waals surface area contributed by atoms with E-state index in [1.54, 1.807) is 0 Å². The van der Waals surface area contributed by atoms with E-state index in [-0.39, 0.29) is 0 Å². The summed E-state index contributed by atoms with van der Waals surface area (Å²) in [5.41, 5.74) is 0. The van der Waals surface area contributed by atoms with Crippen molar-refractivity contribution in [3.63, 3.8) is 0 Å². The van der Waals surface area contributed by atoms with Crippen molar-refractivity contribution in [2.45, 2.75) is 44.2 Å². The standard InChI is InChI=1S/C11H19NS/c1-2-5-10(6-3-1)12-11-7-4-8-13-9-11/h2,5,10-12H,1,3-4,6-9H2. The summed E-state index contributed by atoms with van der Waals surface area (Å²) in [5, 5.41) is 3.75. The molecule has 0 aromatic heterocycles. The van der Waals surface area contributed by atoms with Crippen LogP contribution >= 0.6 is 11.8 Å². The maximum Gasteiger partial charge on any atom is 0.0253 e. The van der Waals surface area contributed by atoms with Gasteiger partial charge in [-0.05, 0) is 37.9 Å². The second-order valence-electron chi connectivity index (χ2n) is 4.05. The number of allylic oxidation sites excluding steroid dienone is 1. The van der Waals surface area contributed by atoms with Gasteiger partial charge in [0, 0.05) is 17.8 Å². The van der Waals surface area contributed by atoms with Crippen LogP contribution in [0.5, 0.6) is 0 Å². The van der Waals surface area contributed by atoms with E-state index in [4.69, 9.17) is 0 Å². The van der Waals surface area contributed by atoms with Gasteiger partial charge >= 0.3 is 0 Å². The second kappa shape index (κ2) is 5.06. The fourth-order valence-corrected chi connectivity index (χ4v) is 3.21. The summed E-state index contributed by atoms with van der Waals surface area (Å²) in [7, 11) is 0. The Hall–Kier alpha value is 0.0500. The Morgan fingerprint density at radius 2 is 2.23 bits per heavy atom. The predicted molar refractivity (Wildman–Crippen MR) is 60.3 cm³/mol. The normalized spacial score (nSPS) is 34.8. The number of hydrogen-bond acceptors (Lipinski definition) is 2. The van der Waals surface area contributed by atoms with Crippen LogP contribution in [0.2, 0.25) is 0 Å². The summed E-state index contributed by atoms with van der Waals surface area (Å²) in [4.78, 5) is 0. The molecular formula is C11H19NS. The van der Waals surface area contributed by atoms with Crippen molar-refractivity contribution in [1.82, 2.24) is 5.32 Å². The van der Waals surface area contributed by atoms with Crippen molar-refractivity contribution in [2.24, 2.45) is 0 Å². The minimum absolute atomic E-state index is 0.678. The molecule has 1 aliphatic carbocycles. The summed E-state index contributed by atoms with van der Waals surface area (Å²) in [6.07, 6.45) is 11.5. The highest BCUT2D eigenvalue weighted by Gasteiger charge is 2.17. The van der Waals surface area contributed by atoms with Crippen molar-refractivity contribution >= 4 is 11.8 Å². The van der Waals surface area contributed by atoms with Gasteiger partial charge in [-0.25, -0.2) is 0 Å². The van der Waals surface area contributed by atoms with E-state index >= 15 is 0 Å². The molecule has 74 valence electrons. The third-order valence-corrected chi connectivity index (χ3v) is 4.08. The SMILES string of the molecule is C1=CC(NC2CCCSC2)CCC1. The molecule has 2 rings (SSSR count). The lowest BCUT2D eigenvalue weighted by molar-refractivity contribution is 0.436. The average Bonchev–Trinajstić information content (AvgIpc) is 2.21. The minimum Gasteiger partial charge on any atom is -0.307 e. The molecule has 2 atom stereocenters. The average molecular weight is 197 g/mol. The summed E-state index contributed by atoms with van der Waals surface area (Å²) in [6, 6.07) is 1.46. The van der Waals surface area contributed by atoms with Gasteiger partial charge in [-0.15, -0.1) is 0 Å². The topological polar surface area (TPSA) is 12.0 Å². The molecule has 1 N–H and O–H groups in total. The summed E-state index contributed by atoms with van der Waals surface area (Å²) in [6.45, 7) is 0. The molecule has 1 fully saturated rings. The van der Waals surface area contributed by atoms with Gasteiger partial charge in [0.1, 0.15) is 0 Å². The van der Waals surface area contributed by atoms with Gasteiger partial charge in [-0.3, -0.25) is 0 Å². The lowest BCUT2D eigenvalue weighted by Gasteiger charge is -2.28. The highest BCUT2D eigenvalue weighted by atomic mass is 32.2. The highest BCUT2D eigenvalue weighted by Crippen LogP contribution is 2.19. The molecule has 13 heavy (non-hydrogen) atoms. The van der Waals surface area contributed by atoms with Gasteiger partial charge < -0.3 is 5.32 Å². The molecule has 2 aliphatic rings. The molecule has 2 heteroatoms. The molecule has 1 heterocycles. The number of rotatable bonds is 2. The maximum atomic E-state index is 3.75. The highest BCUT2D eigenvalue weighted by molar-refractivity contribution is 7.99. The van der Waals surface area contributed by atoms with Gasteiger partial charge in [-0.2, -0.15) is 11.8 Å². The zero-order chi connectivity index (χ0) is 8.93. The first-order chi connectivity index (χ1) is 6.45. The summed E-state index contributed by atoms with van der Waals surface area (Å²) in [5.74, 6) is 2.70. The summed E-state index contributed by atoms with van der Waals surface area (Å²) >= 11 is 2.10. The van der Waals surface area contributed by atoms with Gasteiger partial charge in [-0.1, -0.05) is 12.2 Å². The Balaban J connectivity index is 1.75. The fraction of sp³-hybridized carbons (Fsp3) is 0.818. The largest absolute Gasteiger partial charge is 0.307 e. The van der Waals surface area contributed by atoms with Crippen LogP contribution in [0.25, 0.3) is 0 Å². The third kappa shape index (κ3) is 3.03. The van der Waals surface area contributed by atoms with Crippen LogP contribution in [-0.4, -0.2) is 23.6 Å². The molecule has 1 nitrogen and oxygen atoms in total. The lowest BCUT2D eigenvalue weighted by atomic mass is 10.0. The van der Waals surface area contributed by atoms with Gasteiger partial charge in [0.25, 0.3) is 0 Å². The van der Waals surface area contributed by atoms with Gasteiger partial charge in [0.05, 0.1) is 0 Å². The monoisotopic (exact) mass is 197 g/mol. The molecule has 0 spiro atoms. The quantitative estimate of drug-likeness (QED) is 0.683. The first-order valence-electron chi connectivity index (χ1n) is 5.45. The Kier molecular flexibility index (Phi) is 3.74. The number of hydrogen-bond donors (Lipinski definition) is 1. The van der Waals surface area contributed by atoms with Crippen molar-refractivity contribution in [2.75, 3.05) is 11.5 Å². The van der Waals surface area contributed by atoms with Crippen molar-refractivity contribution in [3.05, 3.63) is 12.2 Å². The van der Waals surface area contributed by atoms with E-state index in [2.05, 4.69) is 29.2 Å². The molecule has 0 saturated carbocycles. The minimum atomic E-state index is 0.678. The van der Waals surface area contributed by atoms with Gasteiger partial charge in [0.15, 0.2) is 0 Å². The van der Waals surface area contributed by atoms with E-state index in [0.29, 0.717) is 6.04 Å². The molecule has 0 aromatic rings. The Labute approximate surface area is 85.4 Å². The Morgan fingerprint density at radius 1 is 1.23 bits per heavy atom. The van der Waals surface area contributed by atoms with Crippen LogP contribution in [0.4, 0.5) is 0 Å². The first kappa shape index (κ1) is 9.60. The Bertz CT molecular complexity index is 173. The molecule has 0 aromatic carbocycles. The zero-order valence-electron chi connectivity index (χ0n) is 8.17. The van der Waals surface area contributed by atoms with Crippen LogP contribution in [0.15, 0.2) is 12.2 Å². The third-order valence-electron chi connectivity index (χ3n) is 2.86. The van der Waals surface area contributed by atoms with E-state index in [1.807, 2.05) is 0 Å². The predicted octanol–water partition coefficient (Wildman–Crippen LogP) is 2.58. The number of thioether (sulfide) groups is 1. The second-order valence-corrected chi connectivity index (χ2v) is 5.20. The molecule has 0 radical (unpaired) electrons. The van der Waals surface area contributed by atoms with E-state index in [0.717, 1.165) is 6.04 Å². The first-order valence-corrected chi connectivity index (χ1v) is 6.61. The molecular weight excluding hydrogens is 178 g/mol. The number of nitrogens with one attached hydrogen (secondary N) is 1. The van der Waals surface area contributed by atoms with E-state index in [9.17, 15) is 0 Å². The molecule has 0 bridgehead atoms. The molecule has 1 aliphatic heterocycles. The van der Waals surface area contributed by atoms with Crippen LogP contribution in [0, 0.1) is 0 Å². The van der Waals surface area contributed by atoms with E-state index < -0.39 is 0 Å². The lowest BCUT2D eigenvalue weighted by Crippen LogP contribution is -2.40. The summed E-state index contributed by atoms with van der Waals surface area (Å²) < 4.78 is 0. The van der Waals surface area contributed by atoms with Crippen LogP contribution in [-0.2, 0) is 0 Å². The van der Waals surface area contributed by atoms with Crippen molar-refractivity contribution < 1.29 is 0 Å². The van der Waals surface area contributed by atoms with Crippen LogP contribution < -0.4 is 5.32 Å². The Morgan fingerprint density at radius 3 is 2.92 bits per heavy atom. The molecule has 2 unspecified atom stereocenters. The smallest absolute Gasteiger partial charge is 0.0253 e.